The summed E-state index contributed by atoms with van der Waals surface area (Å²) >= 11 is 0. The quantitative estimate of drug-likeness (QED) is 0.739. The molecule has 1 atom stereocenters. The number of alkyl halides is 3. The Morgan fingerprint density at radius 1 is 0.885 bits per heavy atom. The standard InChI is InChI=1S/C20H16F3NO2/c21-20(22,23)19(26,15-9-2-1-3-10-15)13-24-18(25)17-12-6-8-14-7-4-5-11-16(14)17/h1-12,26H,13H2,(H,24,25)/t19-/m0/s1. The van der Waals surface area contributed by atoms with Gasteiger partial charge in [0.25, 0.3) is 5.91 Å². The smallest absolute Gasteiger partial charge is 0.375 e. The molecule has 3 aromatic carbocycles. The van der Waals surface area contributed by atoms with Crippen LogP contribution >= 0.6 is 0 Å². The summed E-state index contributed by atoms with van der Waals surface area (Å²) in [6, 6.07) is 18.8. The van der Waals surface area contributed by atoms with Crippen molar-refractivity contribution in [2.45, 2.75) is 11.8 Å². The summed E-state index contributed by atoms with van der Waals surface area (Å²) in [5, 5.41) is 13.9. The Hall–Kier alpha value is -2.86. The van der Waals surface area contributed by atoms with E-state index < -0.39 is 24.2 Å². The van der Waals surface area contributed by atoms with Crippen molar-refractivity contribution in [3.8, 4) is 0 Å². The maximum absolute atomic E-state index is 13.5. The monoisotopic (exact) mass is 359 g/mol. The molecule has 0 saturated carbocycles. The van der Waals surface area contributed by atoms with Crippen LogP contribution in [-0.2, 0) is 5.60 Å². The summed E-state index contributed by atoms with van der Waals surface area (Å²) in [7, 11) is 0. The number of hydrogen-bond donors (Lipinski definition) is 2. The third-order valence-corrected chi connectivity index (χ3v) is 4.26. The number of halogens is 3. The van der Waals surface area contributed by atoms with Gasteiger partial charge in [-0.2, -0.15) is 13.2 Å². The van der Waals surface area contributed by atoms with Gasteiger partial charge in [0.2, 0.25) is 5.60 Å². The van der Waals surface area contributed by atoms with E-state index in [2.05, 4.69) is 5.32 Å². The van der Waals surface area contributed by atoms with Crippen LogP contribution in [0.3, 0.4) is 0 Å². The summed E-state index contributed by atoms with van der Waals surface area (Å²) < 4.78 is 40.5. The molecule has 2 N–H and O–H groups in total. The van der Waals surface area contributed by atoms with Crippen molar-refractivity contribution in [3.05, 3.63) is 83.9 Å². The van der Waals surface area contributed by atoms with E-state index in [-0.39, 0.29) is 11.1 Å². The lowest BCUT2D eigenvalue weighted by Crippen LogP contribution is -2.51. The van der Waals surface area contributed by atoms with E-state index >= 15 is 0 Å². The number of fused-ring (bicyclic) bond motifs is 1. The molecule has 26 heavy (non-hydrogen) atoms. The molecule has 0 radical (unpaired) electrons. The number of rotatable bonds is 4. The SMILES string of the molecule is O=C(NC[C@](O)(c1ccccc1)C(F)(F)F)c1cccc2ccccc12. The van der Waals surface area contributed by atoms with Crippen LogP contribution in [0.4, 0.5) is 13.2 Å². The van der Waals surface area contributed by atoms with Gasteiger partial charge in [0.05, 0.1) is 6.54 Å². The van der Waals surface area contributed by atoms with E-state index in [1.165, 1.54) is 30.3 Å². The van der Waals surface area contributed by atoms with E-state index in [0.717, 1.165) is 5.39 Å². The minimum atomic E-state index is -4.94. The van der Waals surface area contributed by atoms with Crippen LogP contribution in [-0.4, -0.2) is 23.7 Å². The van der Waals surface area contributed by atoms with Gasteiger partial charge in [0.15, 0.2) is 0 Å². The number of carbonyl (C=O) groups excluding carboxylic acids is 1. The van der Waals surface area contributed by atoms with Gasteiger partial charge in [0, 0.05) is 5.56 Å². The van der Waals surface area contributed by atoms with Crippen LogP contribution in [0.1, 0.15) is 15.9 Å². The molecule has 134 valence electrons. The molecule has 1 amide bonds. The normalized spacial score (nSPS) is 14.0. The van der Waals surface area contributed by atoms with E-state index in [1.807, 2.05) is 18.2 Å². The molecular formula is C20H16F3NO2. The first kappa shape index (κ1) is 17.9. The van der Waals surface area contributed by atoms with Crippen molar-refractivity contribution in [1.82, 2.24) is 5.32 Å². The third kappa shape index (κ3) is 3.28. The second-order valence-electron chi connectivity index (χ2n) is 5.93. The van der Waals surface area contributed by atoms with E-state index in [1.54, 1.807) is 24.3 Å². The molecule has 0 bridgehead atoms. The minimum absolute atomic E-state index is 0.251. The van der Waals surface area contributed by atoms with Crippen molar-refractivity contribution in [1.29, 1.82) is 0 Å². The lowest BCUT2D eigenvalue weighted by atomic mass is 9.92. The van der Waals surface area contributed by atoms with Gasteiger partial charge < -0.3 is 10.4 Å². The Morgan fingerprint density at radius 2 is 1.50 bits per heavy atom. The van der Waals surface area contributed by atoms with Crippen molar-refractivity contribution < 1.29 is 23.1 Å². The molecule has 3 aromatic rings. The fraction of sp³-hybridized carbons (Fsp3) is 0.150. The Balaban J connectivity index is 1.89. The maximum atomic E-state index is 13.5. The Kier molecular flexibility index (Phi) is 4.70. The zero-order chi connectivity index (χ0) is 18.8. The fourth-order valence-corrected chi connectivity index (χ4v) is 2.81. The molecule has 0 aliphatic carbocycles. The maximum Gasteiger partial charge on any atom is 0.423 e. The largest absolute Gasteiger partial charge is 0.423 e. The lowest BCUT2D eigenvalue weighted by molar-refractivity contribution is -0.263. The van der Waals surface area contributed by atoms with Gasteiger partial charge in [-0.25, -0.2) is 0 Å². The lowest BCUT2D eigenvalue weighted by Gasteiger charge is -2.31. The van der Waals surface area contributed by atoms with E-state index in [0.29, 0.717) is 5.39 Å². The molecule has 0 aromatic heterocycles. The molecule has 0 aliphatic heterocycles. The average molecular weight is 359 g/mol. The number of carbonyl (C=O) groups is 1. The molecule has 6 heteroatoms. The molecule has 0 fully saturated rings. The average Bonchev–Trinajstić information content (AvgIpc) is 2.65. The second-order valence-corrected chi connectivity index (χ2v) is 5.93. The second kappa shape index (κ2) is 6.80. The summed E-state index contributed by atoms with van der Waals surface area (Å²) in [5.41, 5.74) is -3.25. The van der Waals surface area contributed by atoms with Gasteiger partial charge in [-0.1, -0.05) is 66.7 Å². The first-order valence-electron chi connectivity index (χ1n) is 7.93. The summed E-state index contributed by atoms with van der Waals surface area (Å²) in [6.07, 6.45) is -4.94. The Bertz CT molecular complexity index is 920. The molecule has 0 heterocycles. The number of aliphatic hydroxyl groups is 1. The van der Waals surface area contributed by atoms with Crippen LogP contribution in [0.2, 0.25) is 0 Å². The molecule has 0 spiro atoms. The highest BCUT2D eigenvalue weighted by Gasteiger charge is 2.55. The zero-order valence-corrected chi connectivity index (χ0v) is 13.6. The number of benzene rings is 3. The zero-order valence-electron chi connectivity index (χ0n) is 13.6. The van der Waals surface area contributed by atoms with E-state index in [9.17, 15) is 23.1 Å². The Labute approximate surface area is 148 Å². The molecule has 0 unspecified atom stereocenters. The summed E-state index contributed by atoms with van der Waals surface area (Å²) in [4.78, 5) is 12.5. The van der Waals surface area contributed by atoms with Gasteiger partial charge in [0.1, 0.15) is 0 Å². The highest BCUT2D eigenvalue weighted by atomic mass is 19.4. The molecule has 0 aliphatic rings. The number of hydrogen-bond acceptors (Lipinski definition) is 2. The third-order valence-electron chi connectivity index (χ3n) is 4.26. The van der Waals surface area contributed by atoms with Crippen LogP contribution in [0.25, 0.3) is 10.8 Å². The highest BCUT2D eigenvalue weighted by Crippen LogP contribution is 2.38. The summed E-state index contributed by atoms with van der Waals surface area (Å²) in [5.74, 6) is -0.680. The first-order chi connectivity index (χ1) is 12.3. The number of amides is 1. The van der Waals surface area contributed by atoms with Crippen LogP contribution in [0, 0.1) is 0 Å². The predicted octanol–water partition coefficient (Wildman–Crippen LogP) is 4.02. The van der Waals surface area contributed by atoms with Gasteiger partial charge >= 0.3 is 6.18 Å². The summed E-state index contributed by atoms with van der Waals surface area (Å²) in [6.45, 7) is -0.984. The number of nitrogens with one attached hydrogen (secondary N) is 1. The van der Waals surface area contributed by atoms with Crippen molar-refractivity contribution in [2.75, 3.05) is 6.54 Å². The Morgan fingerprint density at radius 3 is 2.19 bits per heavy atom. The van der Waals surface area contributed by atoms with Crippen LogP contribution in [0.15, 0.2) is 72.8 Å². The first-order valence-corrected chi connectivity index (χ1v) is 7.93. The van der Waals surface area contributed by atoms with Crippen molar-refractivity contribution in [3.63, 3.8) is 0 Å². The molecule has 3 rings (SSSR count). The van der Waals surface area contributed by atoms with E-state index in [4.69, 9.17) is 0 Å². The van der Waals surface area contributed by atoms with Crippen LogP contribution in [0.5, 0.6) is 0 Å². The highest BCUT2D eigenvalue weighted by molar-refractivity contribution is 6.07. The molecular weight excluding hydrogens is 343 g/mol. The van der Waals surface area contributed by atoms with Crippen molar-refractivity contribution >= 4 is 16.7 Å². The predicted molar refractivity (Wildman–Crippen MR) is 92.7 cm³/mol. The van der Waals surface area contributed by atoms with Gasteiger partial charge in [-0.05, 0) is 22.4 Å². The van der Waals surface area contributed by atoms with Crippen LogP contribution < -0.4 is 5.32 Å². The topological polar surface area (TPSA) is 49.3 Å². The molecule has 3 nitrogen and oxygen atoms in total. The minimum Gasteiger partial charge on any atom is -0.375 e. The van der Waals surface area contributed by atoms with Crippen molar-refractivity contribution in [2.24, 2.45) is 0 Å². The molecule has 0 saturated heterocycles. The fourth-order valence-electron chi connectivity index (χ4n) is 2.81. The van der Waals surface area contributed by atoms with Gasteiger partial charge in [-0.3, -0.25) is 4.79 Å². The van der Waals surface area contributed by atoms with Gasteiger partial charge in [-0.15, -0.1) is 0 Å².